The van der Waals surface area contributed by atoms with Crippen LogP contribution in [0.15, 0.2) is 85.2 Å². The topological polar surface area (TPSA) is 62.2 Å². The van der Waals surface area contributed by atoms with Gasteiger partial charge < -0.3 is 20.1 Å². The normalized spacial score (nSPS) is 16.9. The van der Waals surface area contributed by atoms with Gasteiger partial charge in [0.25, 0.3) is 0 Å². The second-order valence-electron chi connectivity index (χ2n) is 9.70. The molecule has 0 aliphatic carbocycles. The summed E-state index contributed by atoms with van der Waals surface area (Å²) in [5.41, 5.74) is 7.59. The molecular formula is C31H33N5OS. The lowest BCUT2D eigenvalue weighted by Crippen LogP contribution is -2.33. The SMILES string of the molecule is CCc1ccccc1NC(=O)CCN1C(=S)NC(c2ccccn2)C1c1cccn1-c1ccc(C)c(C)c1. The molecule has 0 saturated carbocycles. The maximum atomic E-state index is 13.0. The average Bonchev–Trinajstić information content (AvgIpc) is 3.54. The van der Waals surface area contributed by atoms with Crippen LogP contribution in [0.1, 0.15) is 53.5 Å². The second-order valence-corrected chi connectivity index (χ2v) is 10.1. The van der Waals surface area contributed by atoms with Crippen molar-refractivity contribution in [2.45, 2.75) is 45.7 Å². The van der Waals surface area contributed by atoms with Crippen molar-refractivity contribution in [3.63, 3.8) is 0 Å². The second kappa shape index (κ2) is 11.2. The highest BCUT2D eigenvalue weighted by Gasteiger charge is 2.41. The van der Waals surface area contributed by atoms with Crippen molar-refractivity contribution in [3.8, 4) is 5.69 Å². The molecule has 2 atom stereocenters. The van der Waals surface area contributed by atoms with Crippen LogP contribution in [0, 0.1) is 13.8 Å². The highest BCUT2D eigenvalue weighted by molar-refractivity contribution is 7.80. The van der Waals surface area contributed by atoms with Crippen molar-refractivity contribution in [2.24, 2.45) is 0 Å². The third-order valence-corrected chi connectivity index (χ3v) is 7.65. The van der Waals surface area contributed by atoms with Gasteiger partial charge in [-0.1, -0.05) is 37.3 Å². The van der Waals surface area contributed by atoms with E-state index in [4.69, 9.17) is 12.2 Å². The predicted molar refractivity (Wildman–Crippen MR) is 156 cm³/mol. The molecule has 0 bridgehead atoms. The molecule has 0 radical (unpaired) electrons. The lowest BCUT2D eigenvalue weighted by Gasteiger charge is -2.29. The molecule has 1 aliphatic rings. The molecule has 6 nitrogen and oxygen atoms in total. The Balaban J connectivity index is 1.45. The number of rotatable bonds is 8. The van der Waals surface area contributed by atoms with E-state index in [0.29, 0.717) is 18.1 Å². The van der Waals surface area contributed by atoms with Crippen LogP contribution >= 0.6 is 12.2 Å². The zero-order chi connectivity index (χ0) is 26.6. The molecular weight excluding hydrogens is 490 g/mol. The molecule has 1 amide bonds. The summed E-state index contributed by atoms with van der Waals surface area (Å²) in [4.78, 5) is 19.8. The van der Waals surface area contributed by atoms with E-state index >= 15 is 0 Å². The Morgan fingerprint density at radius 1 is 1.03 bits per heavy atom. The van der Waals surface area contributed by atoms with Crippen molar-refractivity contribution in [3.05, 3.63) is 113 Å². The number of hydrogen-bond acceptors (Lipinski definition) is 3. The van der Waals surface area contributed by atoms with Crippen LogP contribution in [0.4, 0.5) is 5.69 Å². The molecule has 2 unspecified atom stereocenters. The summed E-state index contributed by atoms with van der Waals surface area (Å²) in [5.74, 6) is -0.0294. The number of para-hydroxylation sites is 1. The van der Waals surface area contributed by atoms with Crippen LogP contribution < -0.4 is 10.6 Å². The molecule has 2 aromatic carbocycles. The number of nitrogens with one attached hydrogen (secondary N) is 2. The quantitative estimate of drug-likeness (QED) is 0.275. The molecule has 4 aromatic rings. The number of nitrogens with zero attached hydrogens (tertiary/aromatic N) is 3. The fraction of sp³-hybridized carbons (Fsp3) is 0.258. The van der Waals surface area contributed by atoms with Crippen LogP contribution in [-0.4, -0.2) is 32.0 Å². The third kappa shape index (κ3) is 5.20. The van der Waals surface area contributed by atoms with Crippen LogP contribution in [0.25, 0.3) is 5.69 Å². The van der Waals surface area contributed by atoms with Crippen molar-refractivity contribution in [1.82, 2.24) is 19.8 Å². The van der Waals surface area contributed by atoms with Gasteiger partial charge in [-0.15, -0.1) is 0 Å². The van der Waals surface area contributed by atoms with Gasteiger partial charge >= 0.3 is 0 Å². The highest BCUT2D eigenvalue weighted by Crippen LogP contribution is 2.39. The predicted octanol–water partition coefficient (Wildman–Crippen LogP) is 6.05. The van der Waals surface area contributed by atoms with Gasteiger partial charge in [-0.2, -0.15) is 0 Å². The number of aromatic nitrogens is 2. The number of benzene rings is 2. The lowest BCUT2D eigenvalue weighted by atomic mass is 10.0. The Kier molecular flexibility index (Phi) is 7.56. The van der Waals surface area contributed by atoms with Crippen molar-refractivity contribution >= 4 is 28.9 Å². The summed E-state index contributed by atoms with van der Waals surface area (Å²) in [7, 11) is 0. The first kappa shape index (κ1) is 25.7. The van der Waals surface area contributed by atoms with E-state index < -0.39 is 0 Å². The van der Waals surface area contributed by atoms with E-state index in [-0.39, 0.29) is 18.0 Å². The highest BCUT2D eigenvalue weighted by atomic mass is 32.1. The first-order valence-electron chi connectivity index (χ1n) is 13.1. The van der Waals surface area contributed by atoms with E-state index in [0.717, 1.165) is 34.7 Å². The minimum atomic E-state index is -0.146. The molecule has 194 valence electrons. The third-order valence-electron chi connectivity index (χ3n) is 7.30. The van der Waals surface area contributed by atoms with Crippen LogP contribution in [0.5, 0.6) is 0 Å². The minimum Gasteiger partial charge on any atom is -0.352 e. The monoisotopic (exact) mass is 523 g/mol. The van der Waals surface area contributed by atoms with Crippen LogP contribution in [0.2, 0.25) is 0 Å². The summed E-state index contributed by atoms with van der Waals surface area (Å²) in [5, 5.41) is 7.22. The zero-order valence-corrected chi connectivity index (χ0v) is 22.8. The maximum Gasteiger partial charge on any atom is 0.226 e. The standard InChI is InChI=1S/C31H33N5OS/c1-4-23-10-5-6-11-25(23)33-28(37)16-19-36-30(29(34-31(36)38)26-12-7-8-17-32-26)27-13-9-18-35(27)24-15-14-21(2)22(3)20-24/h5-15,17-18,20,29-30H,4,16,19H2,1-3H3,(H,33,37)(H,34,38). The Morgan fingerprint density at radius 3 is 2.61 bits per heavy atom. The van der Waals surface area contributed by atoms with Crippen molar-refractivity contribution in [1.29, 1.82) is 0 Å². The Morgan fingerprint density at radius 2 is 1.84 bits per heavy atom. The first-order chi connectivity index (χ1) is 18.5. The van der Waals surface area contributed by atoms with Gasteiger partial charge in [0.2, 0.25) is 5.91 Å². The number of amides is 1. The van der Waals surface area contributed by atoms with Gasteiger partial charge in [0.15, 0.2) is 5.11 Å². The molecule has 5 rings (SSSR count). The Bertz CT molecular complexity index is 1450. The molecule has 1 aliphatic heterocycles. The van der Waals surface area contributed by atoms with Gasteiger partial charge in [-0.25, -0.2) is 0 Å². The summed E-state index contributed by atoms with van der Waals surface area (Å²) < 4.78 is 2.22. The number of pyridine rings is 1. The fourth-order valence-corrected chi connectivity index (χ4v) is 5.43. The smallest absolute Gasteiger partial charge is 0.226 e. The van der Waals surface area contributed by atoms with Crippen molar-refractivity contribution < 1.29 is 4.79 Å². The van der Waals surface area contributed by atoms with E-state index in [1.54, 1.807) is 6.20 Å². The minimum absolute atomic E-state index is 0.0294. The number of hydrogen-bond donors (Lipinski definition) is 2. The summed E-state index contributed by atoms with van der Waals surface area (Å²) in [6, 6.07) is 24.3. The van der Waals surface area contributed by atoms with E-state index in [1.165, 1.54) is 11.1 Å². The first-order valence-corrected chi connectivity index (χ1v) is 13.5. The number of anilines is 1. The van der Waals surface area contributed by atoms with E-state index in [2.05, 4.69) is 82.4 Å². The van der Waals surface area contributed by atoms with Crippen LogP contribution in [0.3, 0.4) is 0 Å². The fourth-order valence-electron chi connectivity index (χ4n) is 5.10. The molecule has 3 heterocycles. The van der Waals surface area contributed by atoms with Gasteiger partial charge in [0.1, 0.15) is 0 Å². The number of carbonyl (C=O) groups excluding carboxylic acids is 1. The maximum absolute atomic E-state index is 13.0. The zero-order valence-electron chi connectivity index (χ0n) is 22.0. The number of aryl methyl sites for hydroxylation is 3. The largest absolute Gasteiger partial charge is 0.352 e. The van der Waals surface area contributed by atoms with E-state index in [9.17, 15) is 4.79 Å². The summed E-state index contributed by atoms with van der Waals surface area (Å²) in [6.45, 7) is 6.83. The lowest BCUT2D eigenvalue weighted by molar-refractivity contribution is -0.116. The molecule has 1 saturated heterocycles. The molecule has 1 fully saturated rings. The molecule has 2 aromatic heterocycles. The van der Waals surface area contributed by atoms with Gasteiger partial charge in [0, 0.05) is 42.4 Å². The van der Waals surface area contributed by atoms with Gasteiger partial charge in [-0.05, 0) is 91.6 Å². The molecule has 0 spiro atoms. The van der Waals surface area contributed by atoms with E-state index in [1.807, 2.05) is 42.5 Å². The molecule has 2 N–H and O–H groups in total. The number of carbonyl (C=O) groups is 1. The Hall–Kier alpha value is -3.97. The Labute approximate surface area is 229 Å². The molecule has 7 heteroatoms. The average molecular weight is 524 g/mol. The summed E-state index contributed by atoms with van der Waals surface area (Å²) >= 11 is 5.83. The van der Waals surface area contributed by atoms with Crippen molar-refractivity contribution in [2.75, 3.05) is 11.9 Å². The van der Waals surface area contributed by atoms with Gasteiger partial charge in [0.05, 0.1) is 17.8 Å². The summed E-state index contributed by atoms with van der Waals surface area (Å²) in [6.07, 6.45) is 5.07. The molecule has 38 heavy (non-hydrogen) atoms. The van der Waals surface area contributed by atoms with Crippen LogP contribution in [-0.2, 0) is 11.2 Å². The van der Waals surface area contributed by atoms with Gasteiger partial charge in [-0.3, -0.25) is 9.78 Å². The number of thiocarbonyl (C=S) groups is 1.